The Morgan fingerprint density at radius 2 is 2.24 bits per heavy atom. The lowest BCUT2D eigenvalue weighted by atomic mass is 10.1. The van der Waals surface area contributed by atoms with Gasteiger partial charge < -0.3 is 14.4 Å². The first-order valence-electron chi connectivity index (χ1n) is 6.15. The summed E-state index contributed by atoms with van der Waals surface area (Å²) < 4.78 is 4.97. The van der Waals surface area contributed by atoms with Gasteiger partial charge in [-0.3, -0.25) is 0 Å². The van der Waals surface area contributed by atoms with E-state index < -0.39 is 5.97 Å². The van der Waals surface area contributed by atoms with Crippen LogP contribution in [-0.4, -0.2) is 29.6 Å². The summed E-state index contributed by atoms with van der Waals surface area (Å²) >= 11 is 0. The van der Waals surface area contributed by atoms with Crippen LogP contribution in [0.1, 0.15) is 41.8 Å². The number of hydrogen-bond acceptors (Lipinski definition) is 3. The van der Waals surface area contributed by atoms with Crippen molar-refractivity contribution < 1.29 is 14.3 Å². The van der Waals surface area contributed by atoms with E-state index in [1.54, 1.807) is 6.07 Å². The fourth-order valence-electron chi connectivity index (χ4n) is 2.64. The van der Waals surface area contributed by atoms with E-state index in [9.17, 15) is 4.79 Å². The molecule has 1 aromatic rings. The van der Waals surface area contributed by atoms with Gasteiger partial charge in [-0.1, -0.05) is 12.8 Å². The summed E-state index contributed by atoms with van der Waals surface area (Å²) in [4.78, 5) is 13.1. The van der Waals surface area contributed by atoms with E-state index >= 15 is 0 Å². The largest absolute Gasteiger partial charge is 0.475 e. The summed E-state index contributed by atoms with van der Waals surface area (Å²) in [5, 5.41) is 8.94. The van der Waals surface area contributed by atoms with E-state index in [2.05, 4.69) is 4.90 Å². The molecule has 1 saturated carbocycles. The van der Waals surface area contributed by atoms with Gasteiger partial charge in [-0.2, -0.15) is 0 Å². The highest BCUT2D eigenvalue weighted by atomic mass is 16.4. The van der Waals surface area contributed by atoms with E-state index in [0.29, 0.717) is 6.54 Å². The lowest BCUT2D eigenvalue weighted by molar-refractivity contribution is 0.0659. The number of carboxylic acids is 1. The van der Waals surface area contributed by atoms with Crippen LogP contribution >= 0.6 is 0 Å². The van der Waals surface area contributed by atoms with Gasteiger partial charge in [-0.05, 0) is 31.9 Å². The monoisotopic (exact) mass is 237 g/mol. The molecule has 1 heterocycles. The van der Waals surface area contributed by atoms with E-state index in [1.807, 2.05) is 7.05 Å². The molecule has 1 aromatic heterocycles. The van der Waals surface area contributed by atoms with Crippen molar-refractivity contribution in [3.8, 4) is 0 Å². The first-order valence-corrected chi connectivity index (χ1v) is 6.15. The minimum atomic E-state index is -0.987. The number of furan rings is 1. The van der Waals surface area contributed by atoms with Crippen LogP contribution in [0.5, 0.6) is 0 Å². The van der Waals surface area contributed by atoms with Gasteiger partial charge in [0.2, 0.25) is 5.76 Å². The summed E-state index contributed by atoms with van der Waals surface area (Å²) in [5.41, 5.74) is 0.762. The first kappa shape index (κ1) is 12.2. The van der Waals surface area contributed by atoms with Crippen molar-refractivity contribution >= 4 is 5.97 Å². The van der Waals surface area contributed by atoms with Gasteiger partial charge in [-0.25, -0.2) is 4.79 Å². The standard InChI is InChI=1S/C13H19NO3/c1-14(8-10-4-2-3-5-10)9-11-6-7-17-12(11)13(15)16/h6-7,10H,2-5,8-9H2,1H3,(H,15,16). The van der Waals surface area contributed by atoms with Crippen LogP contribution in [0.25, 0.3) is 0 Å². The fraction of sp³-hybridized carbons (Fsp3) is 0.615. The third kappa shape index (κ3) is 3.09. The van der Waals surface area contributed by atoms with Gasteiger partial charge in [-0.15, -0.1) is 0 Å². The molecule has 1 aliphatic rings. The molecular formula is C13H19NO3. The normalized spacial score (nSPS) is 16.8. The molecule has 0 aromatic carbocycles. The van der Waals surface area contributed by atoms with Crippen LogP contribution in [0, 0.1) is 5.92 Å². The lowest BCUT2D eigenvalue weighted by Crippen LogP contribution is -2.24. The third-order valence-electron chi connectivity index (χ3n) is 3.43. The van der Waals surface area contributed by atoms with E-state index in [-0.39, 0.29) is 5.76 Å². The van der Waals surface area contributed by atoms with Crippen LogP contribution in [0.3, 0.4) is 0 Å². The predicted octanol–water partition coefficient (Wildman–Crippen LogP) is 2.60. The minimum Gasteiger partial charge on any atom is -0.475 e. The molecule has 1 aliphatic carbocycles. The Hall–Kier alpha value is -1.29. The zero-order valence-electron chi connectivity index (χ0n) is 10.2. The molecule has 0 atom stereocenters. The van der Waals surface area contributed by atoms with Crippen molar-refractivity contribution in [3.63, 3.8) is 0 Å². The van der Waals surface area contributed by atoms with Crippen molar-refractivity contribution in [3.05, 3.63) is 23.7 Å². The molecule has 2 rings (SSSR count). The van der Waals surface area contributed by atoms with E-state index in [0.717, 1.165) is 18.0 Å². The highest BCUT2D eigenvalue weighted by Gasteiger charge is 2.19. The topological polar surface area (TPSA) is 53.7 Å². The third-order valence-corrected chi connectivity index (χ3v) is 3.43. The summed E-state index contributed by atoms with van der Waals surface area (Å²) in [7, 11) is 2.04. The Morgan fingerprint density at radius 3 is 2.88 bits per heavy atom. The molecule has 0 bridgehead atoms. The number of nitrogens with zero attached hydrogens (tertiary/aromatic N) is 1. The van der Waals surface area contributed by atoms with Gasteiger partial charge in [0.05, 0.1) is 6.26 Å². The molecule has 0 saturated heterocycles. The maximum atomic E-state index is 10.9. The molecule has 0 unspecified atom stereocenters. The smallest absolute Gasteiger partial charge is 0.372 e. The van der Waals surface area contributed by atoms with Crippen LogP contribution in [0.4, 0.5) is 0 Å². The maximum Gasteiger partial charge on any atom is 0.372 e. The van der Waals surface area contributed by atoms with Crippen LogP contribution in [0.2, 0.25) is 0 Å². The number of rotatable bonds is 5. The highest BCUT2D eigenvalue weighted by molar-refractivity contribution is 5.86. The number of carbonyl (C=O) groups is 1. The van der Waals surface area contributed by atoms with Crippen molar-refractivity contribution in [1.82, 2.24) is 4.90 Å². The Morgan fingerprint density at radius 1 is 1.53 bits per heavy atom. The molecule has 0 spiro atoms. The quantitative estimate of drug-likeness (QED) is 0.855. The van der Waals surface area contributed by atoms with Crippen LogP contribution < -0.4 is 0 Å². The van der Waals surface area contributed by atoms with Crippen molar-refractivity contribution in [1.29, 1.82) is 0 Å². The van der Waals surface area contributed by atoms with Crippen LogP contribution in [-0.2, 0) is 6.54 Å². The second-order valence-corrected chi connectivity index (χ2v) is 4.93. The lowest BCUT2D eigenvalue weighted by Gasteiger charge is -2.20. The fourth-order valence-corrected chi connectivity index (χ4v) is 2.64. The molecule has 0 aliphatic heterocycles. The molecule has 4 heteroatoms. The molecule has 94 valence electrons. The number of aromatic carboxylic acids is 1. The Labute approximate surface area is 101 Å². The van der Waals surface area contributed by atoms with Crippen molar-refractivity contribution in [2.24, 2.45) is 5.92 Å². The van der Waals surface area contributed by atoms with Gasteiger partial charge in [0, 0.05) is 18.7 Å². The Balaban J connectivity index is 1.90. The second kappa shape index (κ2) is 5.36. The number of hydrogen-bond donors (Lipinski definition) is 1. The van der Waals surface area contributed by atoms with E-state index in [1.165, 1.54) is 31.9 Å². The van der Waals surface area contributed by atoms with Crippen LogP contribution in [0.15, 0.2) is 16.7 Å². The highest BCUT2D eigenvalue weighted by Crippen LogP contribution is 2.25. The maximum absolute atomic E-state index is 10.9. The van der Waals surface area contributed by atoms with Gasteiger partial charge >= 0.3 is 5.97 Å². The Bertz CT molecular complexity index is 380. The Kier molecular flexibility index (Phi) is 3.84. The average molecular weight is 237 g/mol. The molecule has 0 amide bonds. The predicted molar refractivity (Wildman–Crippen MR) is 64.0 cm³/mol. The van der Waals surface area contributed by atoms with Gasteiger partial charge in [0.15, 0.2) is 0 Å². The molecule has 1 N–H and O–H groups in total. The van der Waals surface area contributed by atoms with Crippen molar-refractivity contribution in [2.75, 3.05) is 13.6 Å². The second-order valence-electron chi connectivity index (χ2n) is 4.93. The van der Waals surface area contributed by atoms with Gasteiger partial charge in [0.25, 0.3) is 0 Å². The number of carboxylic acid groups (broad SMARTS) is 1. The average Bonchev–Trinajstić information content (AvgIpc) is 2.88. The van der Waals surface area contributed by atoms with Gasteiger partial charge in [0.1, 0.15) is 0 Å². The van der Waals surface area contributed by atoms with Crippen molar-refractivity contribution in [2.45, 2.75) is 32.2 Å². The zero-order valence-corrected chi connectivity index (χ0v) is 10.2. The summed E-state index contributed by atoms with van der Waals surface area (Å²) in [6.07, 6.45) is 6.74. The van der Waals surface area contributed by atoms with E-state index in [4.69, 9.17) is 9.52 Å². The first-order chi connectivity index (χ1) is 8.16. The molecule has 0 radical (unpaired) electrons. The SMILES string of the molecule is CN(Cc1ccoc1C(=O)O)CC1CCCC1. The molecule has 4 nitrogen and oxygen atoms in total. The zero-order chi connectivity index (χ0) is 12.3. The molecular weight excluding hydrogens is 218 g/mol. The molecule has 1 fully saturated rings. The summed E-state index contributed by atoms with van der Waals surface area (Å²) in [6, 6.07) is 1.74. The minimum absolute atomic E-state index is 0.0725. The summed E-state index contributed by atoms with van der Waals surface area (Å²) in [6.45, 7) is 1.69. The molecule has 17 heavy (non-hydrogen) atoms. The summed E-state index contributed by atoms with van der Waals surface area (Å²) in [5.74, 6) is -0.136.